The summed E-state index contributed by atoms with van der Waals surface area (Å²) in [4.78, 5) is 30.0. The first-order valence-corrected chi connectivity index (χ1v) is 13.7. The summed E-state index contributed by atoms with van der Waals surface area (Å²) in [6.45, 7) is 8.12. The predicted octanol–water partition coefficient (Wildman–Crippen LogP) is 3.22. The highest BCUT2D eigenvalue weighted by Gasteiger charge is 2.41. The van der Waals surface area contributed by atoms with Crippen molar-refractivity contribution in [2.24, 2.45) is 17.4 Å². The number of carbonyl (C=O) groups excluding carboxylic acids is 2. The molecule has 0 aliphatic carbocycles. The summed E-state index contributed by atoms with van der Waals surface area (Å²) in [7, 11) is 3.68. The third-order valence-electron chi connectivity index (χ3n) is 6.60. The number of benzene rings is 1. The summed E-state index contributed by atoms with van der Waals surface area (Å²) in [5, 5.41) is 15.0. The van der Waals surface area contributed by atoms with Crippen LogP contribution in [0.25, 0.3) is 5.57 Å². The zero-order valence-electron chi connectivity index (χ0n) is 23.7. The lowest BCUT2D eigenvalue weighted by Gasteiger charge is -2.32. The second kappa shape index (κ2) is 14.7. The van der Waals surface area contributed by atoms with Crippen molar-refractivity contribution in [3.05, 3.63) is 64.8 Å². The quantitative estimate of drug-likeness (QED) is 0.325. The number of aliphatic hydroxyl groups excluding tert-OH is 1. The maximum Gasteiger partial charge on any atom is 0.243 e. The third-order valence-corrected chi connectivity index (χ3v) is 6.93. The van der Waals surface area contributed by atoms with Gasteiger partial charge in [0.15, 0.2) is 5.76 Å². The molecule has 0 spiro atoms. The number of nitrogens with zero attached hydrogens (tertiary/aromatic N) is 3. The molecule has 6 N–H and O–H groups in total. The fourth-order valence-corrected chi connectivity index (χ4v) is 4.74. The lowest BCUT2D eigenvalue weighted by molar-refractivity contribution is -0.141. The van der Waals surface area contributed by atoms with Crippen LogP contribution in [0.2, 0.25) is 0 Å². The van der Waals surface area contributed by atoms with E-state index in [-0.39, 0.29) is 24.3 Å². The number of aromatic nitrogens is 1. The lowest BCUT2D eigenvalue weighted by atomic mass is 9.91. The number of rotatable bonds is 10. The van der Waals surface area contributed by atoms with E-state index < -0.39 is 18.0 Å². The summed E-state index contributed by atoms with van der Waals surface area (Å²) < 4.78 is 5.71. The Labute approximate surface area is 236 Å². The predicted molar refractivity (Wildman–Crippen MR) is 155 cm³/mol. The van der Waals surface area contributed by atoms with Crippen LogP contribution < -0.4 is 21.8 Å². The van der Waals surface area contributed by atoms with Gasteiger partial charge < -0.3 is 31.3 Å². The molecule has 2 heterocycles. The van der Waals surface area contributed by atoms with Crippen LogP contribution in [0.4, 0.5) is 0 Å². The van der Waals surface area contributed by atoms with Gasteiger partial charge in [0, 0.05) is 38.6 Å². The van der Waals surface area contributed by atoms with Crippen LogP contribution in [0, 0.1) is 5.92 Å². The number of amides is 2. The molecule has 0 radical (unpaired) electrons. The van der Waals surface area contributed by atoms with Crippen LogP contribution in [0.3, 0.4) is 0 Å². The lowest BCUT2D eigenvalue weighted by Crippen LogP contribution is -2.49. The van der Waals surface area contributed by atoms with E-state index in [0.717, 1.165) is 12.0 Å². The minimum absolute atomic E-state index is 0.00819. The van der Waals surface area contributed by atoms with Crippen LogP contribution in [-0.4, -0.2) is 60.0 Å². The van der Waals surface area contributed by atoms with Gasteiger partial charge in [-0.2, -0.15) is 0 Å². The topological polar surface area (TPSA) is 143 Å². The Bertz CT molecular complexity index is 1120. The summed E-state index contributed by atoms with van der Waals surface area (Å²) in [5.41, 5.74) is 13.2. The Balaban J connectivity index is 0.00000260. The highest BCUT2D eigenvalue weighted by Crippen LogP contribution is 2.32. The van der Waals surface area contributed by atoms with Gasteiger partial charge in [0.1, 0.15) is 18.2 Å². The van der Waals surface area contributed by atoms with E-state index in [1.807, 2.05) is 41.8 Å². The molecule has 1 aliphatic rings. The first-order valence-electron chi connectivity index (χ1n) is 13.3. The maximum atomic E-state index is 13.6. The fraction of sp³-hybridized carbons (Fsp3) is 0.500. The molecule has 3 atom stereocenters. The first-order chi connectivity index (χ1) is 18.6. The molecule has 1 aromatic carbocycles. The van der Waals surface area contributed by atoms with Crippen molar-refractivity contribution < 1.29 is 19.2 Å². The molecule has 3 rings (SSSR count). The minimum Gasteiger partial charge on any atom is -0.404 e. The summed E-state index contributed by atoms with van der Waals surface area (Å²) >= 11 is 6.11. The molecule has 2 aromatic rings. The van der Waals surface area contributed by atoms with E-state index in [4.69, 9.17) is 27.6 Å². The second-order valence-electron chi connectivity index (χ2n) is 9.64. The Morgan fingerprint density at radius 3 is 2.31 bits per heavy atom. The number of nitrogens with two attached hydrogens (primary N) is 2. The van der Waals surface area contributed by atoms with E-state index in [2.05, 4.69) is 5.32 Å². The van der Waals surface area contributed by atoms with Gasteiger partial charge in [-0.3, -0.25) is 14.6 Å². The normalized spacial score (nSPS) is 17.5. The van der Waals surface area contributed by atoms with Gasteiger partial charge in [-0.05, 0) is 29.9 Å². The number of hydrogen-bond acceptors (Lipinski definition) is 7. The van der Waals surface area contributed by atoms with Gasteiger partial charge in [0.25, 0.3) is 0 Å². The summed E-state index contributed by atoms with van der Waals surface area (Å²) in [6.07, 6.45) is 5.69. The average molecular weight is 563 g/mol. The third kappa shape index (κ3) is 7.39. The highest BCUT2D eigenvalue weighted by atomic mass is 35.5. The Morgan fingerprint density at radius 2 is 1.82 bits per heavy atom. The van der Waals surface area contributed by atoms with E-state index in [1.54, 1.807) is 45.2 Å². The summed E-state index contributed by atoms with van der Waals surface area (Å²) in [6, 6.07) is 5.88. The van der Waals surface area contributed by atoms with Crippen LogP contribution >= 0.6 is 11.6 Å². The van der Waals surface area contributed by atoms with Crippen LogP contribution in [0.15, 0.2) is 52.4 Å². The van der Waals surface area contributed by atoms with E-state index in [0.29, 0.717) is 34.9 Å². The maximum absolute atomic E-state index is 13.6. The van der Waals surface area contributed by atoms with Crippen molar-refractivity contribution in [2.75, 3.05) is 32.3 Å². The van der Waals surface area contributed by atoms with Crippen molar-refractivity contribution in [3.63, 3.8) is 0 Å². The van der Waals surface area contributed by atoms with Crippen LogP contribution in [-0.2, 0) is 9.59 Å². The molecule has 216 valence electrons. The second-order valence-corrected chi connectivity index (χ2v) is 10.1. The molecular formula is C28H43ClN6O4. The molecule has 1 aliphatic heterocycles. The number of aliphatic hydroxyl groups is 1. The highest BCUT2D eigenvalue weighted by molar-refractivity contribution is 6.36. The number of carbonyl (C=O) groups is 2. The van der Waals surface area contributed by atoms with E-state index in [1.165, 1.54) is 12.4 Å². The van der Waals surface area contributed by atoms with Gasteiger partial charge in [-0.25, -0.2) is 0 Å². The number of halogens is 1. The SMILES string of the molecule is CC.CC(C)C(C(=O)N1CCCC1C(=O)NC(CO)c1ccc(C(=C/N)/C(Cl)=C\N)cc1)c1cn(N(C)C)o1. The Kier molecular flexibility index (Phi) is 12.0. The zero-order valence-corrected chi connectivity index (χ0v) is 24.5. The van der Waals surface area contributed by atoms with Crippen molar-refractivity contribution in [3.8, 4) is 0 Å². The number of nitrogens with one attached hydrogen (secondary N) is 1. The molecular weight excluding hydrogens is 520 g/mol. The molecule has 1 aromatic heterocycles. The van der Waals surface area contributed by atoms with Gasteiger partial charge in [-0.15, -0.1) is 4.85 Å². The molecule has 3 unspecified atom stereocenters. The molecule has 1 fully saturated rings. The van der Waals surface area contributed by atoms with Gasteiger partial charge in [0.2, 0.25) is 11.8 Å². The first kappa shape index (κ1) is 31.8. The van der Waals surface area contributed by atoms with Crippen LogP contribution in [0.5, 0.6) is 0 Å². The molecule has 0 saturated carbocycles. The van der Waals surface area contributed by atoms with Gasteiger partial charge in [-0.1, -0.05) is 63.6 Å². The van der Waals surface area contributed by atoms with Crippen molar-refractivity contribution in [1.29, 1.82) is 0 Å². The standard InChI is InChI=1S/C26H37ClN6O4.C2H6/c1-16(2)24(23-14-33(37-23)31(3)4)26(36)32-11-5-6-22(32)25(35)30-21(15-34)18-9-7-17(8-10-18)19(12-28)20(27)13-29;1-2/h7-10,12-14,16,21-22,24,34H,5-6,11,15,28-29H2,1-4H3,(H,30,35);1-2H3/b19-12-,20-13+;. The van der Waals surface area contributed by atoms with Crippen molar-refractivity contribution >= 4 is 29.0 Å². The molecule has 0 bridgehead atoms. The molecule has 39 heavy (non-hydrogen) atoms. The largest absolute Gasteiger partial charge is 0.404 e. The Hall–Kier alpha value is -3.37. The van der Waals surface area contributed by atoms with Gasteiger partial charge in [0.05, 0.1) is 17.7 Å². The number of hydrogen-bond donors (Lipinski definition) is 4. The summed E-state index contributed by atoms with van der Waals surface area (Å²) in [5.74, 6) is -0.334. The molecule has 10 nitrogen and oxygen atoms in total. The minimum atomic E-state index is -0.642. The fourth-order valence-electron chi connectivity index (χ4n) is 4.57. The number of allylic oxidation sites excluding steroid dienone is 2. The van der Waals surface area contributed by atoms with E-state index in [9.17, 15) is 14.7 Å². The monoisotopic (exact) mass is 562 g/mol. The molecule has 2 amide bonds. The van der Waals surface area contributed by atoms with E-state index >= 15 is 0 Å². The zero-order chi connectivity index (χ0) is 29.3. The molecule has 1 saturated heterocycles. The smallest absolute Gasteiger partial charge is 0.243 e. The van der Waals surface area contributed by atoms with Crippen LogP contribution in [0.1, 0.15) is 69.4 Å². The van der Waals surface area contributed by atoms with Gasteiger partial charge >= 0.3 is 0 Å². The molecule has 11 heteroatoms. The number of likely N-dealkylation sites (tertiary alicyclic amines) is 1. The Morgan fingerprint density at radius 1 is 1.21 bits per heavy atom. The average Bonchev–Trinajstić information content (AvgIpc) is 3.40. The van der Waals surface area contributed by atoms with Crippen molar-refractivity contribution in [2.45, 2.75) is 58.5 Å². The van der Waals surface area contributed by atoms with Crippen molar-refractivity contribution in [1.82, 2.24) is 15.1 Å².